The SMILES string of the molecule is C[C@@H]1[C@@H](CCCc2ccc(F)cc2)C(=O)N1c1ccc(F)cc1. The number of carbonyl (C=O) groups is 1. The van der Waals surface area contributed by atoms with Gasteiger partial charge in [-0.2, -0.15) is 0 Å². The second-order valence-electron chi connectivity index (χ2n) is 6.05. The van der Waals surface area contributed by atoms with Crippen LogP contribution in [0.25, 0.3) is 0 Å². The molecule has 2 nitrogen and oxygen atoms in total. The first-order chi connectivity index (χ1) is 11.1. The van der Waals surface area contributed by atoms with Crippen molar-refractivity contribution < 1.29 is 13.6 Å². The van der Waals surface area contributed by atoms with E-state index in [4.69, 9.17) is 0 Å². The van der Waals surface area contributed by atoms with Crippen LogP contribution in [0.15, 0.2) is 48.5 Å². The quantitative estimate of drug-likeness (QED) is 0.752. The minimum Gasteiger partial charge on any atom is -0.309 e. The van der Waals surface area contributed by atoms with Crippen molar-refractivity contribution in [3.05, 3.63) is 65.7 Å². The van der Waals surface area contributed by atoms with Gasteiger partial charge in [0, 0.05) is 11.7 Å². The van der Waals surface area contributed by atoms with Crippen molar-refractivity contribution in [2.75, 3.05) is 4.90 Å². The maximum Gasteiger partial charge on any atom is 0.232 e. The zero-order valence-corrected chi connectivity index (χ0v) is 13.0. The number of amides is 1. The molecular weight excluding hydrogens is 296 g/mol. The average Bonchev–Trinajstić information content (AvgIpc) is 2.55. The first-order valence-corrected chi connectivity index (χ1v) is 7.89. The van der Waals surface area contributed by atoms with E-state index < -0.39 is 0 Å². The lowest BCUT2D eigenvalue weighted by atomic mass is 9.83. The number of hydrogen-bond donors (Lipinski definition) is 0. The van der Waals surface area contributed by atoms with Crippen LogP contribution in [0.2, 0.25) is 0 Å². The first kappa shape index (κ1) is 15.7. The van der Waals surface area contributed by atoms with Crippen molar-refractivity contribution in [3.8, 4) is 0 Å². The number of aryl methyl sites for hydroxylation is 1. The molecule has 4 heteroatoms. The van der Waals surface area contributed by atoms with Crippen LogP contribution >= 0.6 is 0 Å². The lowest BCUT2D eigenvalue weighted by Crippen LogP contribution is -2.59. The molecule has 2 atom stereocenters. The Labute approximate surface area is 134 Å². The Morgan fingerprint density at radius 3 is 2.09 bits per heavy atom. The molecule has 120 valence electrons. The summed E-state index contributed by atoms with van der Waals surface area (Å²) < 4.78 is 25.8. The van der Waals surface area contributed by atoms with E-state index >= 15 is 0 Å². The topological polar surface area (TPSA) is 20.3 Å². The highest BCUT2D eigenvalue weighted by molar-refractivity contribution is 6.02. The van der Waals surface area contributed by atoms with Crippen molar-refractivity contribution in [2.24, 2.45) is 5.92 Å². The van der Waals surface area contributed by atoms with E-state index in [1.807, 2.05) is 6.92 Å². The van der Waals surface area contributed by atoms with Gasteiger partial charge in [-0.15, -0.1) is 0 Å². The fourth-order valence-corrected chi connectivity index (χ4v) is 3.19. The Kier molecular flexibility index (Phi) is 4.42. The lowest BCUT2D eigenvalue weighted by Gasteiger charge is -2.45. The van der Waals surface area contributed by atoms with Gasteiger partial charge in [0.25, 0.3) is 0 Å². The van der Waals surface area contributed by atoms with E-state index in [2.05, 4.69) is 0 Å². The van der Waals surface area contributed by atoms with E-state index in [9.17, 15) is 13.6 Å². The van der Waals surface area contributed by atoms with Gasteiger partial charge in [0.2, 0.25) is 5.91 Å². The second kappa shape index (κ2) is 6.49. The van der Waals surface area contributed by atoms with Crippen molar-refractivity contribution in [3.63, 3.8) is 0 Å². The number of hydrogen-bond acceptors (Lipinski definition) is 1. The molecule has 3 rings (SSSR count). The smallest absolute Gasteiger partial charge is 0.232 e. The molecule has 0 bridgehead atoms. The zero-order chi connectivity index (χ0) is 16.4. The number of β-lactam (4-membered cyclic amide) rings is 1. The van der Waals surface area contributed by atoms with Crippen LogP contribution in [-0.4, -0.2) is 11.9 Å². The van der Waals surface area contributed by atoms with Crippen LogP contribution in [-0.2, 0) is 11.2 Å². The third-order valence-electron chi connectivity index (χ3n) is 4.54. The predicted octanol–water partition coefficient (Wildman–Crippen LogP) is 4.34. The molecule has 0 unspecified atom stereocenters. The van der Waals surface area contributed by atoms with Crippen LogP contribution in [0.1, 0.15) is 25.3 Å². The monoisotopic (exact) mass is 315 g/mol. The summed E-state index contributed by atoms with van der Waals surface area (Å²) in [4.78, 5) is 14.1. The van der Waals surface area contributed by atoms with Crippen molar-refractivity contribution >= 4 is 11.6 Å². The van der Waals surface area contributed by atoms with Crippen LogP contribution in [0, 0.1) is 17.6 Å². The molecule has 1 amide bonds. The van der Waals surface area contributed by atoms with Crippen LogP contribution in [0.3, 0.4) is 0 Å². The Morgan fingerprint density at radius 2 is 1.52 bits per heavy atom. The van der Waals surface area contributed by atoms with Crippen LogP contribution in [0.4, 0.5) is 14.5 Å². The summed E-state index contributed by atoms with van der Waals surface area (Å²) in [5, 5.41) is 0. The van der Waals surface area contributed by atoms with Gasteiger partial charge < -0.3 is 4.90 Å². The fourth-order valence-electron chi connectivity index (χ4n) is 3.19. The highest BCUT2D eigenvalue weighted by Gasteiger charge is 2.44. The predicted molar refractivity (Wildman–Crippen MR) is 86.2 cm³/mol. The summed E-state index contributed by atoms with van der Waals surface area (Å²) >= 11 is 0. The van der Waals surface area contributed by atoms with Gasteiger partial charge in [-0.3, -0.25) is 4.79 Å². The summed E-state index contributed by atoms with van der Waals surface area (Å²) in [6.07, 6.45) is 2.55. The third kappa shape index (κ3) is 3.26. The minimum absolute atomic E-state index is 0.0144. The first-order valence-electron chi connectivity index (χ1n) is 7.89. The number of benzene rings is 2. The molecule has 1 saturated heterocycles. The van der Waals surface area contributed by atoms with Crippen LogP contribution in [0.5, 0.6) is 0 Å². The van der Waals surface area contributed by atoms with Crippen molar-refractivity contribution in [2.45, 2.75) is 32.2 Å². The Balaban J connectivity index is 1.53. The molecule has 1 aliphatic heterocycles. The standard InChI is InChI=1S/C19H19F2NO/c1-13-18(4-2-3-14-5-7-15(20)8-6-14)19(23)22(13)17-11-9-16(21)10-12-17/h5-13,18H,2-4H2,1H3/t13-,18-/m1/s1. The highest BCUT2D eigenvalue weighted by Crippen LogP contribution is 2.35. The summed E-state index contributed by atoms with van der Waals surface area (Å²) in [7, 11) is 0. The van der Waals surface area contributed by atoms with Gasteiger partial charge in [-0.1, -0.05) is 12.1 Å². The molecule has 0 spiro atoms. The van der Waals surface area contributed by atoms with Crippen molar-refractivity contribution in [1.82, 2.24) is 0 Å². The second-order valence-corrected chi connectivity index (χ2v) is 6.05. The number of halogens is 2. The van der Waals surface area contributed by atoms with Gasteiger partial charge in [0.05, 0.1) is 5.92 Å². The summed E-state index contributed by atoms with van der Waals surface area (Å²) in [5.74, 6) is -0.416. The molecule has 1 fully saturated rings. The normalized spacial score (nSPS) is 20.5. The molecule has 0 aromatic heterocycles. The van der Waals surface area contributed by atoms with E-state index in [1.54, 1.807) is 29.2 Å². The molecule has 0 aliphatic carbocycles. The fraction of sp³-hybridized carbons (Fsp3) is 0.316. The Bertz CT molecular complexity index is 682. The Hall–Kier alpha value is -2.23. The molecular formula is C19H19F2NO. The third-order valence-corrected chi connectivity index (χ3v) is 4.54. The molecule has 2 aromatic rings. The van der Waals surface area contributed by atoms with Gasteiger partial charge >= 0.3 is 0 Å². The van der Waals surface area contributed by atoms with E-state index in [1.165, 1.54) is 24.3 Å². The van der Waals surface area contributed by atoms with Gasteiger partial charge in [-0.25, -0.2) is 8.78 Å². The highest BCUT2D eigenvalue weighted by atomic mass is 19.1. The van der Waals surface area contributed by atoms with Crippen LogP contribution < -0.4 is 4.90 Å². The largest absolute Gasteiger partial charge is 0.309 e. The van der Waals surface area contributed by atoms with Gasteiger partial charge in [0.15, 0.2) is 0 Å². The maximum absolute atomic E-state index is 13.0. The number of nitrogens with zero attached hydrogens (tertiary/aromatic N) is 1. The molecule has 1 aliphatic rings. The number of anilines is 1. The molecule has 23 heavy (non-hydrogen) atoms. The maximum atomic E-state index is 13.0. The van der Waals surface area contributed by atoms with E-state index in [0.29, 0.717) is 0 Å². The average molecular weight is 315 g/mol. The van der Waals surface area contributed by atoms with E-state index in [0.717, 1.165) is 30.5 Å². The zero-order valence-electron chi connectivity index (χ0n) is 13.0. The van der Waals surface area contributed by atoms with Crippen molar-refractivity contribution in [1.29, 1.82) is 0 Å². The summed E-state index contributed by atoms with van der Waals surface area (Å²) in [6.45, 7) is 2.02. The minimum atomic E-state index is -0.301. The Morgan fingerprint density at radius 1 is 0.957 bits per heavy atom. The van der Waals surface area contributed by atoms with E-state index in [-0.39, 0.29) is 29.5 Å². The molecule has 0 N–H and O–H groups in total. The molecule has 0 saturated carbocycles. The molecule has 0 radical (unpaired) electrons. The van der Waals surface area contributed by atoms with Gasteiger partial charge in [0.1, 0.15) is 11.6 Å². The number of carbonyl (C=O) groups excluding carboxylic acids is 1. The summed E-state index contributed by atoms with van der Waals surface area (Å²) in [5.41, 5.74) is 1.83. The number of rotatable bonds is 5. The summed E-state index contributed by atoms with van der Waals surface area (Å²) in [6, 6.07) is 12.6. The van der Waals surface area contributed by atoms with Gasteiger partial charge in [-0.05, 0) is 68.1 Å². The lowest BCUT2D eigenvalue weighted by molar-refractivity contribution is -0.130. The molecule has 1 heterocycles. The molecule has 2 aromatic carbocycles.